The van der Waals surface area contributed by atoms with Crippen molar-refractivity contribution in [1.29, 1.82) is 0 Å². The third-order valence-electron chi connectivity index (χ3n) is 3.25. The van der Waals surface area contributed by atoms with Crippen molar-refractivity contribution in [3.8, 4) is 0 Å². The highest BCUT2D eigenvalue weighted by Crippen LogP contribution is 2.18. The van der Waals surface area contributed by atoms with Crippen LogP contribution in [0.15, 0.2) is 18.2 Å². The molecule has 0 fully saturated rings. The van der Waals surface area contributed by atoms with Crippen LogP contribution in [-0.2, 0) is 6.54 Å². The fourth-order valence-electron chi connectivity index (χ4n) is 1.78. The summed E-state index contributed by atoms with van der Waals surface area (Å²) in [5, 5.41) is 13.1. The van der Waals surface area contributed by atoms with E-state index in [-0.39, 0.29) is 18.0 Å². The molecule has 0 aromatic heterocycles. The first-order chi connectivity index (χ1) is 8.05. The number of aliphatic hydroxyl groups excluding tert-OH is 1. The van der Waals surface area contributed by atoms with Crippen molar-refractivity contribution in [3.63, 3.8) is 0 Å². The van der Waals surface area contributed by atoms with Crippen LogP contribution in [0, 0.1) is 5.82 Å². The molecule has 0 saturated carbocycles. The predicted molar refractivity (Wildman–Crippen MR) is 68.6 cm³/mol. The predicted octanol–water partition coefficient (Wildman–Crippen LogP) is 3.12. The van der Waals surface area contributed by atoms with E-state index in [9.17, 15) is 9.50 Å². The minimum absolute atomic E-state index is 0.0725. The van der Waals surface area contributed by atoms with Crippen LogP contribution in [0.2, 0.25) is 5.02 Å². The molecular weight excluding hydrogens is 241 g/mol. The molecule has 1 rings (SSSR count). The van der Waals surface area contributed by atoms with E-state index < -0.39 is 0 Å². The highest BCUT2D eigenvalue weighted by Gasteiger charge is 2.24. The van der Waals surface area contributed by atoms with E-state index in [2.05, 4.69) is 5.32 Å². The van der Waals surface area contributed by atoms with Crippen molar-refractivity contribution >= 4 is 11.6 Å². The van der Waals surface area contributed by atoms with Gasteiger partial charge in [-0.15, -0.1) is 0 Å². The molecule has 0 bridgehead atoms. The lowest BCUT2D eigenvalue weighted by Gasteiger charge is -2.31. The maximum Gasteiger partial charge on any atom is 0.125 e. The van der Waals surface area contributed by atoms with E-state index in [0.717, 1.165) is 18.4 Å². The van der Waals surface area contributed by atoms with Crippen LogP contribution in [0.4, 0.5) is 4.39 Å². The third-order valence-corrected chi connectivity index (χ3v) is 3.46. The van der Waals surface area contributed by atoms with E-state index in [1.54, 1.807) is 6.07 Å². The van der Waals surface area contributed by atoms with Crippen LogP contribution >= 0.6 is 11.6 Å². The minimum atomic E-state index is -0.336. The Morgan fingerprint density at radius 3 is 2.41 bits per heavy atom. The number of hydrogen-bond donors (Lipinski definition) is 2. The smallest absolute Gasteiger partial charge is 0.125 e. The van der Waals surface area contributed by atoms with E-state index in [1.165, 1.54) is 12.1 Å². The molecule has 0 heterocycles. The Hall–Kier alpha value is -0.640. The Balaban J connectivity index is 2.71. The molecule has 0 spiro atoms. The molecule has 96 valence electrons. The van der Waals surface area contributed by atoms with Gasteiger partial charge in [0.25, 0.3) is 0 Å². The van der Waals surface area contributed by atoms with Gasteiger partial charge in [0.1, 0.15) is 5.82 Å². The van der Waals surface area contributed by atoms with Gasteiger partial charge in [0.2, 0.25) is 0 Å². The topological polar surface area (TPSA) is 32.3 Å². The molecule has 2 N–H and O–H groups in total. The van der Waals surface area contributed by atoms with Crippen LogP contribution < -0.4 is 5.32 Å². The summed E-state index contributed by atoms with van der Waals surface area (Å²) < 4.78 is 13.1. The van der Waals surface area contributed by atoms with Crippen LogP contribution in [0.25, 0.3) is 0 Å². The van der Waals surface area contributed by atoms with E-state index in [4.69, 9.17) is 11.6 Å². The van der Waals surface area contributed by atoms with Crippen LogP contribution in [0.3, 0.4) is 0 Å². The van der Waals surface area contributed by atoms with E-state index in [1.807, 2.05) is 13.8 Å². The van der Waals surface area contributed by atoms with Gasteiger partial charge in [-0.2, -0.15) is 0 Å². The molecule has 0 atom stereocenters. The van der Waals surface area contributed by atoms with Gasteiger partial charge in [0, 0.05) is 17.1 Å². The summed E-state index contributed by atoms with van der Waals surface area (Å²) in [6, 6.07) is 4.46. The van der Waals surface area contributed by atoms with Crippen molar-refractivity contribution < 1.29 is 9.50 Å². The van der Waals surface area contributed by atoms with E-state index >= 15 is 0 Å². The molecule has 2 nitrogen and oxygen atoms in total. The first kappa shape index (κ1) is 14.4. The molecule has 0 saturated heterocycles. The molecule has 17 heavy (non-hydrogen) atoms. The normalized spacial score (nSPS) is 11.8. The van der Waals surface area contributed by atoms with Crippen LogP contribution in [0.5, 0.6) is 0 Å². The second-order valence-electron chi connectivity index (χ2n) is 4.28. The monoisotopic (exact) mass is 259 g/mol. The molecule has 0 radical (unpaired) electrons. The number of hydrogen-bond acceptors (Lipinski definition) is 2. The Kier molecular flexibility index (Phi) is 5.37. The second-order valence-corrected chi connectivity index (χ2v) is 4.71. The number of nitrogens with one attached hydrogen (secondary N) is 1. The Bertz CT molecular complexity index is 338. The summed E-state index contributed by atoms with van der Waals surface area (Å²) in [7, 11) is 0. The largest absolute Gasteiger partial charge is 0.394 e. The molecule has 0 aliphatic heterocycles. The Labute approximate surface area is 107 Å². The van der Waals surface area contributed by atoms with Crippen LogP contribution in [0.1, 0.15) is 32.3 Å². The standard InChI is InChI=1S/C13H19ClFNO/c1-3-13(4-2,9-17)16-8-10-5-11(14)7-12(15)6-10/h5-7,16-17H,3-4,8-9H2,1-2H3. The average molecular weight is 260 g/mol. The van der Waals surface area contributed by atoms with Gasteiger partial charge in [-0.05, 0) is 36.6 Å². The quantitative estimate of drug-likeness (QED) is 0.823. The molecule has 0 unspecified atom stereocenters. The molecule has 0 amide bonds. The molecule has 0 aliphatic rings. The summed E-state index contributed by atoms with van der Waals surface area (Å²) in [4.78, 5) is 0. The Morgan fingerprint density at radius 1 is 1.29 bits per heavy atom. The van der Waals surface area contributed by atoms with Crippen molar-refractivity contribution in [1.82, 2.24) is 5.32 Å². The summed E-state index contributed by atoms with van der Waals surface area (Å²) in [5.74, 6) is -0.336. The average Bonchev–Trinajstić information content (AvgIpc) is 2.30. The number of aliphatic hydroxyl groups is 1. The molecule has 4 heteroatoms. The maximum atomic E-state index is 13.1. The zero-order valence-electron chi connectivity index (χ0n) is 10.3. The molecule has 0 aliphatic carbocycles. The van der Waals surface area contributed by atoms with E-state index in [0.29, 0.717) is 11.6 Å². The van der Waals surface area contributed by atoms with Gasteiger partial charge in [-0.25, -0.2) is 4.39 Å². The first-order valence-electron chi connectivity index (χ1n) is 5.86. The summed E-state index contributed by atoms with van der Waals surface area (Å²) >= 11 is 5.78. The summed E-state index contributed by atoms with van der Waals surface area (Å²) in [5.41, 5.74) is 0.494. The van der Waals surface area contributed by atoms with Gasteiger partial charge in [0.05, 0.1) is 6.61 Å². The van der Waals surface area contributed by atoms with Gasteiger partial charge < -0.3 is 10.4 Å². The third kappa shape index (κ3) is 3.95. The van der Waals surface area contributed by atoms with Gasteiger partial charge in [0.15, 0.2) is 0 Å². The fourth-order valence-corrected chi connectivity index (χ4v) is 2.03. The highest BCUT2D eigenvalue weighted by molar-refractivity contribution is 6.30. The molecule has 1 aromatic carbocycles. The van der Waals surface area contributed by atoms with Gasteiger partial charge >= 0.3 is 0 Å². The van der Waals surface area contributed by atoms with Crippen molar-refractivity contribution in [2.75, 3.05) is 6.61 Å². The van der Waals surface area contributed by atoms with Crippen molar-refractivity contribution in [2.24, 2.45) is 0 Å². The molecule has 1 aromatic rings. The van der Waals surface area contributed by atoms with Crippen molar-refractivity contribution in [2.45, 2.75) is 38.8 Å². The number of benzene rings is 1. The lowest BCUT2D eigenvalue weighted by Crippen LogP contribution is -2.47. The zero-order valence-corrected chi connectivity index (χ0v) is 11.0. The zero-order chi connectivity index (χ0) is 12.9. The van der Waals surface area contributed by atoms with Gasteiger partial charge in [-0.1, -0.05) is 25.4 Å². The minimum Gasteiger partial charge on any atom is -0.394 e. The lowest BCUT2D eigenvalue weighted by molar-refractivity contribution is 0.149. The maximum absolute atomic E-state index is 13.1. The second kappa shape index (κ2) is 6.34. The SMILES string of the molecule is CCC(CC)(CO)NCc1cc(F)cc(Cl)c1. The van der Waals surface area contributed by atoms with Crippen LogP contribution in [-0.4, -0.2) is 17.3 Å². The summed E-state index contributed by atoms with van der Waals surface area (Å²) in [6.45, 7) is 4.61. The first-order valence-corrected chi connectivity index (χ1v) is 6.24. The number of halogens is 2. The lowest BCUT2D eigenvalue weighted by atomic mass is 9.93. The van der Waals surface area contributed by atoms with Gasteiger partial charge in [-0.3, -0.25) is 0 Å². The van der Waals surface area contributed by atoms with Crippen molar-refractivity contribution in [3.05, 3.63) is 34.6 Å². The molecular formula is C13H19ClFNO. The highest BCUT2D eigenvalue weighted by atomic mass is 35.5. The summed E-state index contributed by atoms with van der Waals surface area (Å²) in [6.07, 6.45) is 1.64. The number of rotatable bonds is 6. The Morgan fingerprint density at radius 2 is 1.94 bits per heavy atom. The fraction of sp³-hybridized carbons (Fsp3) is 0.538.